The summed E-state index contributed by atoms with van der Waals surface area (Å²) in [5.41, 5.74) is 7.16. The monoisotopic (exact) mass is 390 g/mol. The van der Waals surface area contributed by atoms with E-state index in [-0.39, 0.29) is 12.3 Å². The average molecular weight is 391 g/mol. The highest BCUT2D eigenvalue weighted by molar-refractivity contribution is 6.30. The first-order valence-electron chi connectivity index (χ1n) is 8.45. The van der Waals surface area contributed by atoms with E-state index in [0.29, 0.717) is 16.5 Å². The lowest BCUT2D eigenvalue weighted by Crippen LogP contribution is -2.47. The van der Waals surface area contributed by atoms with Crippen molar-refractivity contribution in [3.63, 3.8) is 0 Å². The normalized spacial score (nSPS) is 11.4. The zero-order valence-electron chi connectivity index (χ0n) is 15.8. The molecule has 0 aromatic heterocycles. The summed E-state index contributed by atoms with van der Waals surface area (Å²) in [6, 6.07) is 10.7. The summed E-state index contributed by atoms with van der Waals surface area (Å²) in [4.78, 5) is 24.3. The summed E-state index contributed by atoms with van der Waals surface area (Å²) in [5.74, 6) is 0.391. The number of rotatable bonds is 6. The number of amides is 2. The molecule has 0 radical (unpaired) electrons. The fourth-order valence-electron chi connectivity index (χ4n) is 2.61. The number of carbonyl (C=O) groups is 2. The molecule has 0 saturated heterocycles. The molecule has 1 unspecified atom stereocenters. The minimum absolute atomic E-state index is 0.0783. The number of hydrogen-bond donors (Lipinski definition) is 2. The Balaban J connectivity index is 1.90. The van der Waals surface area contributed by atoms with Crippen LogP contribution in [0.3, 0.4) is 0 Å². The third-order valence-corrected chi connectivity index (χ3v) is 4.18. The number of para-hydroxylation sites is 1. The molecule has 27 heavy (non-hydrogen) atoms. The second-order valence-electron chi connectivity index (χ2n) is 6.15. The van der Waals surface area contributed by atoms with Gasteiger partial charge in [-0.1, -0.05) is 29.8 Å². The number of methoxy groups -OCH3 is 1. The molecule has 7 heteroatoms. The molecule has 0 aliphatic heterocycles. The Morgan fingerprint density at radius 1 is 1.11 bits per heavy atom. The van der Waals surface area contributed by atoms with Gasteiger partial charge in [-0.05, 0) is 50.1 Å². The second kappa shape index (κ2) is 9.28. The topological polar surface area (TPSA) is 76.7 Å². The van der Waals surface area contributed by atoms with E-state index in [2.05, 4.69) is 10.9 Å². The zero-order valence-corrected chi connectivity index (χ0v) is 16.5. The van der Waals surface area contributed by atoms with Gasteiger partial charge in [0.2, 0.25) is 5.91 Å². The van der Waals surface area contributed by atoms with Crippen molar-refractivity contribution in [3.8, 4) is 11.5 Å². The number of ether oxygens (including phenoxy) is 2. The molecule has 0 fully saturated rings. The molecule has 0 spiro atoms. The first kappa shape index (κ1) is 20.6. The molecule has 2 N–H and O–H groups in total. The molecule has 0 aliphatic rings. The highest BCUT2D eigenvalue weighted by Gasteiger charge is 2.18. The molecule has 2 aromatic rings. The summed E-state index contributed by atoms with van der Waals surface area (Å²) in [6.45, 7) is 5.32. The van der Waals surface area contributed by atoms with Gasteiger partial charge in [0.1, 0.15) is 11.5 Å². The highest BCUT2D eigenvalue weighted by Crippen LogP contribution is 2.27. The van der Waals surface area contributed by atoms with Gasteiger partial charge in [-0.15, -0.1) is 0 Å². The van der Waals surface area contributed by atoms with Crippen LogP contribution in [0.1, 0.15) is 23.6 Å². The molecule has 2 amide bonds. The van der Waals surface area contributed by atoms with Crippen molar-refractivity contribution >= 4 is 23.4 Å². The lowest BCUT2D eigenvalue weighted by Gasteiger charge is -2.18. The lowest BCUT2D eigenvalue weighted by atomic mass is 10.1. The quantitative estimate of drug-likeness (QED) is 0.743. The predicted molar refractivity (Wildman–Crippen MR) is 104 cm³/mol. The lowest BCUT2D eigenvalue weighted by molar-refractivity contribution is -0.132. The summed E-state index contributed by atoms with van der Waals surface area (Å²) in [5, 5.41) is 0.609. The minimum Gasteiger partial charge on any atom is -0.496 e. The third-order valence-electron chi connectivity index (χ3n) is 3.96. The minimum atomic E-state index is -0.796. The van der Waals surface area contributed by atoms with Gasteiger partial charge >= 0.3 is 0 Å². The van der Waals surface area contributed by atoms with E-state index in [4.69, 9.17) is 21.1 Å². The van der Waals surface area contributed by atoms with Crippen molar-refractivity contribution in [2.45, 2.75) is 33.3 Å². The number of hydrazine groups is 1. The van der Waals surface area contributed by atoms with Crippen molar-refractivity contribution < 1.29 is 19.1 Å². The van der Waals surface area contributed by atoms with Gasteiger partial charge in [0, 0.05) is 10.6 Å². The Hall–Kier alpha value is -2.73. The van der Waals surface area contributed by atoms with Crippen molar-refractivity contribution in [2.75, 3.05) is 7.11 Å². The van der Waals surface area contributed by atoms with E-state index >= 15 is 0 Å². The number of hydrogen-bond acceptors (Lipinski definition) is 4. The standard InChI is InChI=1S/C20H23ClN2O4/c1-12-9-16(21)10-13(2)19(12)27-14(3)20(25)23-22-18(24)11-15-7-5-6-8-17(15)26-4/h5-10,14H,11H2,1-4H3,(H,22,24)(H,23,25). The van der Waals surface area contributed by atoms with E-state index in [1.165, 1.54) is 7.11 Å². The molecule has 144 valence electrons. The van der Waals surface area contributed by atoms with Gasteiger partial charge in [0.15, 0.2) is 6.10 Å². The molecular formula is C20H23ClN2O4. The number of carbonyl (C=O) groups excluding carboxylic acids is 2. The maximum Gasteiger partial charge on any atom is 0.279 e. The Bertz CT molecular complexity index is 815. The van der Waals surface area contributed by atoms with Crippen LogP contribution in [0.5, 0.6) is 11.5 Å². The van der Waals surface area contributed by atoms with Crippen LogP contribution in [0.4, 0.5) is 0 Å². The number of aryl methyl sites for hydroxylation is 2. The van der Waals surface area contributed by atoms with Crippen LogP contribution >= 0.6 is 11.6 Å². The summed E-state index contributed by atoms with van der Waals surface area (Å²) in [7, 11) is 1.54. The highest BCUT2D eigenvalue weighted by atomic mass is 35.5. The molecular weight excluding hydrogens is 368 g/mol. The van der Waals surface area contributed by atoms with E-state index in [0.717, 1.165) is 16.7 Å². The van der Waals surface area contributed by atoms with Gasteiger partial charge in [-0.3, -0.25) is 20.4 Å². The summed E-state index contributed by atoms with van der Waals surface area (Å²) in [6.07, 6.45) is -0.718. The van der Waals surface area contributed by atoms with Gasteiger partial charge < -0.3 is 9.47 Å². The van der Waals surface area contributed by atoms with E-state index < -0.39 is 12.0 Å². The van der Waals surface area contributed by atoms with Crippen LogP contribution in [-0.2, 0) is 16.0 Å². The molecule has 2 rings (SSSR count). The molecule has 0 bridgehead atoms. The fraction of sp³-hybridized carbons (Fsp3) is 0.300. The van der Waals surface area contributed by atoms with Crippen molar-refractivity contribution in [1.82, 2.24) is 10.9 Å². The fourth-order valence-corrected chi connectivity index (χ4v) is 2.94. The Kier molecular flexibility index (Phi) is 7.07. The van der Waals surface area contributed by atoms with Crippen LogP contribution in [0.2, 0.25) is 5.02 Å². The second-order valence-corrected chi connectivity index (χ2v) is 6.59. The Labute approximate surface area is 163 Å². The number of benzene rings is 2. The van der Waals surface area contributed by atoms with Gasteiger partial charge in [-0.25, -0.2) is 0 Å². The van der Waals surface area contributed by atoms with E-state index in [1.807, 2.05) is 26.0 Å². The molecule has 0 heterocycles. The predicted octanol–water partition coefficient (Wildman–Crippen LogP) is 3.12. The van der Waals surface area contributed by atoms with Crippen LogP contribution in [0.25, 0.3) is 0 Å². The molecule has 1 atom stereocenters. The van der Waals surface area contributed by atoms with Crippen molar-refractivity contribution in [3.05, 3.63) is 58.1 Å². The molecule has 0 saturated carbocycles. The van der Waals surface area contributed by atoms with Crippen molar-refractivity contribution in [2.24, 2.45) is 0 Å². The van der Waals surface area contributed by atoms with Gasteiger partial charge in [0.25, 0.3) is 5.91 Å². The number of halogens is 1. The van der Waals surface area contributed by atoms with Crippen LogP contribution < -0.4 is 20.3 Å². The van der Waals surface area contributed by atoms with Crippen LogP contribution in [-0.4, -0.2) is 25.0 Å². The smallest absolute Gasteiger partial charge is 0.279 e. The van der Waals surface area contributed by atoms with Gasteiger partial charge in [0.05, 0.1) is 13.5 Å². The average Bonchev–Trinajstić information content (AvgIpc) is 2.62. The maximum absolute atomic E-state index is 12.2. The largest absolute Gasteiger partial charge is 0.496 e. The maximum atomic E-state index is 12.2. The zero-order chi connectivity index (χ0) is 20.0. The van der Waals surface area contributed by atoms with E-state index in [1.54, 1.807) is 31.2 Å². The SMILES string of the molecule is COc1ccccc1CC(=O)NNC(=O)C(C)Oc1c(C)cc(Cl)cc1C. The van der Waals surface area contributed by atoms with Gasteiger partial charge in [-0.2, -0.15) is 0 Å². The third kappa shape index (κ3) is 5.62. The van der Waals surface area contributed by atoms with E-state index in [9.17, 15) is 9.59 Å². The Morgan fingerprint density at radius 2 is 1.74 bits per heavy atom. The molecule has 6 nitrogen and oxygen atoms in total. The first-order chi connectivity index (χ1) is 12.8. The van der Waals surface area contributed by atoms with Crippen molar-refractivity contribution in [1.29, 1.82) is 0 Å². The summed E-state index contributed by atoms with van der Waals surface area (Å²) < 4.78 is 10.9. The molecule has 0 aliphatic carbocycles. The first-order valence-corrected chi connectivity index (χ1v) is 8.83. The summed E-state index contributed by atoms with van der Waals surface area (Å²) >= 11 is 6.00. The Morgan fingerprint density at radius 3 is 2.37 bits per heavy atom. The van der Waals surface area contributed by atoms with Crippen LogP contribution in [0.15, 0.2) is 36.4 Å². The number of nitrogens with one attached hydrogen (secondary N) is 2. The molecule has 2 aromatic carbocycles. The van der Waals surface area contributed by atoms with Crippen LogP contribution in [0, 0.1) is 13.8 Å².